The highest BCUT2D eigenvalue weighted by molar-refractivity contribution is 6.16. The molecule has 4 aliphatic heterocycles. The van der Waals surface area contributed by atoms with Gasteiger partial charge in [0.25, 0.3) is 0 Å². The molecule has 4 heterocycles. The number of hydrogen-bond acceptors (Lipinski definition) is 7. The van der Waals surface area contributed by atoms with Gasteiger partial charge in [0, 0.05) is 16.9 Å². The summed E-state index contributed by atoms with van der Waals surface area (Å²) in [6.45, 7) is 0.0445. The van der Waals surface area contributed by atoms with Crippen LogP contribution in [0.5, 0.6) is 11.5 Å². The van der Waals surface area contributed by atoms with Crippen LogP contribution in [0.25, 0.3) is 6.08 Å². The molecule has 5 aromatic carbocycles. The molecule has 4 unspecified atom stereocenters. The Labute approximate surface area is 282 Å². The first-order valence-corrected chi connectivity index (χ1v) is 16.3. The van der Waals surface area contributed by atoms with Crippen molar-refractivity contribution in [3.05, 3.63) is 161 Å². The van der Waals surface area contributed by atoms with Crippen LogP contribution in [0.3, 0.4) is 0 Å². The lowest BCUT2D eigenvalue weighted by Crippen LogP contribution is -2.51. The lowest BCUT2D eigenvalue weighted by molar-refractivity contribution is -0.150. The van der Waals surface area contributed by atoms with Crippen molar-refractivity contribution in [1.82, 2.24) is 0 Å². The molecule has 8 nitrogen and oxygen atoms in total. The number of hydrogen-bond donors (Lipinski definition) is 1. The summed E-state index contributed by atoms with van der Waals surface area (Å²) in [6.07, 6.45) is 3.16. The molecule has 0 aromatic heterocycles. The maximum Gasteiger partial charge on any atom is 0.330 e. The molecule has 4 aliphatic rings. The molecule has 0 radical (unpaired) electrons. The van der Waals surface area contributed by atoms with Crippen molar-refractivity contribution in [3.8, 4) is 11.5 Å². The molecule has 1 fully saturated rings. The third-order valence-electron chi connectivity index (χ3n) is 10.2. The summed E-state index contributed by atoms with van der Waals surface area (Å²) < 4.78 is 17.7. The molecule has 1 spiro atoms. The van der Waals surface area contributed by atoms with E-state index in [2.05, 4.69) is 5.32 Å². The Morgan fingerprint density at radius 2 is 1.47 bits per heavy atom. The number of para-hydroxylation sites is 2. The lowest BCUT2D eigenvalue weighted by atomic mass is 9.64. The van der Waals surface area contributed by atoms with Gasteiger partial charge in [-0.3, -0.25) is 9.59 Å². The van der Waals surface area contributed by atoms with Crippen molar-refractivity contribution in [2.75, 3.05) is 17.0 Å². The lowest BCUT2D eigenvalue weighted by Gasteiger charge is -2.37. The first-order chi connectivity index (χ1) is 24.1. The van der Waals surface area contributed by atoms with Crippen LogP contribution < -0.4 is 19.7 Å². The molecule has 0 saturated carbocycles. The summed E-state index contributed by atoms with van der Waals surface area (Å²) in [5, 5.41) is 3.07. The van der Waals surface area contributed by atoms with E-state index in [0.29, 0.717) is 28.3 Å². The van der Waals surface area contributed by atoms with E-state index < -0.39 is 35.5 Å². The maximum atomic E-state index is 15.2. The SMILES string of the molecule is O=C(OC(c1ccccc1)c1ccccc1)C1C(C(=O)c2ccc3c(c2)OCO3)C2(C(=O)Nc3ccccc32)C2C=Cc3ccccc3N12. The van der Waals surface area contributed by atoms with Crippen molar-refractivity contribution in [1.29, 1.82) is 0 Å². The predicted octanol–water partition coefficient (Wildman–Crippen LogP) is 6.72. The predicted molar refractivity (Wildman–Crippen MR) is 183 cm³/mol. The van der Waals surface area contributed by atoms with E-state index in [1.807, 2.05) is 126 Å². The molecule has 0 bridgehead atoms. The molecule has 1 saturated heterocycles. The van der Waals surface area contributed by atoms with Gasteiger partial charge in [0.15, 0.2) is 23.4 Å². The maximum absolute atomic E-state index is 15.2. The second kappa shape index (κ2) is 11.2. The second-order valence-corrected chi connectivity index (χ2v) is 12.6. The molecule has 9 rings (SSSR count). The topological polar surface area (TPSA) is 94.2 Å². The van der Waals surface area contributed by atoms with E-state index >= 15 is 9.59 Å². The molecule has 4 atom stereocenters. The van der Waals surface area contributed by atoms with Gasteiger partial charge in [0.05, 0.1) is 12.0 Å². The minimum atomic E-state index is -1.47. The zero-order valence-corrected chi connectivity index (χ0v) is 26.2. The molecule has 49 heavy (non-hydrogen) atoms. The van der Waals surface area contributed by atoms with Crippen LogP contribution in [0.1, 0.15) is 38.7 Å². The Hall–Kier alpha value is -6.15. The van der Waals surface area contributed by atoms with Crippen LogP contribution in [-0.4, -0.2) is 36.5 Å². The third-order valence-corrected chi connectivity index (χ3v) is 10.2. The van der Waals surface area contributed by atoms with E-state index in [4.69, 9.17) is 14.2 Å². The van der Waals surface area contributed by atoms with E-state index in [-0.39, 0.29) is 18.5 Å². The highest BCUT2D eigenvalue weighted by Crippen LogP contribution is 2.58. The molecular weight excluding hydrogens is 616 g/mol. The highest BCUT2D eigenvalue weighted by Gasteiger charge is 2.71. The van der Waals surface area contributed by atoms with Gasteiger partial charge in [-0.25, -0.2) is 4.79 Å². The van der Waals surface area contributed by atoms with Gasteiger partial charge in [0.2, 0.25) is 12.7 Å². The number of esters is 1. The first kappa shape index (κ1) is 29.0. The summed E-state index contributed by atoms with van der Waals surface area (Å²) in [7, 11) is 0. The number of amides is 1. The first-order valence-electron chi connectivity index (χ1n) is 16.3. The number of carbonyl (C=O) groups is 3. The molecule has 1 N–H and O–H groups in total. The number of ether oxygens (including phenoxy) is 3. The van der Waals surface area contributed by atoms with Crippen LogP contribution in [0.15, 0.2) is 133 Å². The molecular formula is C41H30N2O6. The number of fused-ring (bicyclic) bond motifs is 7. The molecule has 1 amide bonds. The van der Waals surface area contributed by atoms with E-state index in [9.17, 15) is 4.79 Å². The molecule has 8 heteroatoms. The van der Waals surface area contributed by atoms with Crippen molar-refractivity contribution in [3.63, 3.8) is 0 Å². The standard InChI is InChI=1S/C41H30N2O6/c44-37(28-19-21-32-33(23-28)48-24-47-32)35-36(39(45)49-38(26-12-3-1-4-13-26)27-14-5-2-6-15-27)43-31-18-10-7-11-25(31)20-22-34(43)41(35)29-16-8-9-17-30(29)42-40(41)46/h1-23,34-36,38H,24H2,(H,42,46). The average molecular weight is 647 g/mol. The Morgan fingerprint density at radius 3 is 2.24 bits per heavy atom. The number of ketones is 1. The fourth-order valence-electron chi connectivity index (χ4n) is 8.09. The number of carbonyl (C=O) groups excluding carboxylic acids is 3. The van der Waals surface area contributed by atoms with Crippen LogP contribution in [0.4, 0.5) is 11.4 Å². The number of Topliss-reactive ketones (excluding diaryl/α,β-unsaturated/α-hetero) is 1. The zero-order chi connectivity index (χ0) is 33.1. The average Bonchev–Trinajstić information content (AvgIpc) is 3.84. The highest BCUT2D eigenvalue weighted by atomic mass is 16.7. The van der Waals surface area contributed by atoms with E-state index in [1.54, 1.807) is 18.2 Å². The summed E-state index contributed by atoms with van der Waals surface area (Å²) in [5.74, 6) is -1.55. The summed E-state index contributed by atoms with van der Waals surface area (Å²) in [5.41, 5.74) is 3.30. The van der Waals surface area contributed by atoms with Gasteiger partial charge in [-0.15, -0.1) is 0 Å². The van der Waals surface area contributed by atoms with Crippen LogP contribution in [-0.2, 0) is 19.7 Å². The van der Waals surface area contributed by atoms with E-state index in [0.717, 1.165) is 22.4 Å². The Kier molecular flexibility index (Phi) is 6.65. The summed E-state index contributed by atoms with van der Waals surface area (Å²) in [4.78, 5) is 47.0. The number of nitrogens with one attached hydrogen (secondary N) is 1. The van der Waals surface area contributed by atoms with Crippen LogP contribution in [0.2, 0.25) is 0 Å². The number of anilines is 2. The van der Waals surface area contributed by atoms with Gasteiger partial charge in [-0.05, 0) is 52.6 Å². The van der Waals surface area contributed by atoms with Crippen molar-refractivity contribution >= 4 is 35.1 Å². The number of nitrogens with zero attached hydrogens (tertiary/aromatic N) is 1. The Morgan fingerprint density at radius 1 is 0.796 bits per heavy atom. The minimum Gasteiger partial charge on any atom is -0.454 e. The van der Waals surface area contributed by atoms with Crippen molar-refractivity contribution < 1.29 is 28.6 Å². The number of rotatable bonds is 6. The van der Waals surface area contributed by atoms with Gasteiger partial charge >= 0.3 is 5.97 Å². The van der Waals surface area contributed by atoms with Crippen molar-refractivity contribution in [2.45, 2.75) is 23.6 Å². The summed E-state index contributed by atoms with van der Waals surface area (Å²) >= 11 is 0. The smallest absolute Gasteiger partial charge is 0.330 e. The minimum absolute atomic E-state index is 0.0445. The van der Waals surface area contributed by atoms with Gasteiger partial charge in [-0.1, -0.05) is 109 Å². The van der Waals surface area contributed by atoms with Crippen LogP contribution >= 0.6 is 0 Å². The normalized spacial score (nSPS) is 22.4. The fourth-order valence-corrected chi connectivity index (χ4v) is 8.09. The Balaban J connectivity index is 1.26. The fraction of sp³-hybridized carbons (Fsp3) is 0.146. The Bertz CT molecular complexity index is 2130. The zero-order valence-electron chi connectivity index (χ0n) is 26.2. The monoisotopic (exact) mass is 646 g/mol. The molecule has 5 aromatic rings. The second-order valence-electron chi connectivity index (χ2n) is 12.6. The van der Waals surface area contributed by atoms with E-state index in [1.165, 1.54) is 0 Å². The number of benzene rings is 5. The molecule has 0 aliphatic carbocycles. The largest absolute Gasteiger partial charge is 0.454 e. The summed E-state index contributed by atoms with van der Waals surface area (Å²) in [6, 6.07) is 37.4. The van der Waals surface area contributed by atoms with Crippen molar-refractivity contribution in [2.24, 2.45) is 5.92 Å². The molecule has 240 valence electrons. The third kappa shape index (κ3) is 4.33. The van der Waals surface area contributed by atoms with Gasteiger partial charge < -0.3 is 24.4 Å². The van der Waals surface area contributed by atoms with Crippen LogP contribution in [0, 0.1) is 5.92 Å². The van der Waals surface area contributed by atoms with Gasteiger partial charge in [0.1, 0.15) is 11.5 Å². The van der Waals surface area contributed by atoms with Gasteiger partial charge in [-0.2, -0.15) is 0 Å². The quantitative estimate of drug-likeness (QED) is 0.162.